The van der Waals surface area contributed by atoms with Crippen LogP contribution in [0.2, 0.25) is 5.02 Å². The zero-order valence-corrected chi connectivity index (χ0v) is 17.7. The van der Waals surface area contributed by atoms with E-state index < -0.39 is 0 Å². The van der Waals surface area contributed by atoms with Crippen molar-refractivity contribution in [3.05, 3.63) is 58.6 Å². The molecule has 2 aromatic carbocycles. The number of nitrogens with one attached hydrogen (secondary N) is 1. The van der Waals surface area contributed by atoms with Gasteiger partial charge in [0.1, 0.15) is 0 Å². The first-order valence-corrected chi connectivity index (χ1v) is 10.2. The molecule has 1 N–H and O–H groups in total. The van der Waals surface area contributed by atoms with E-state index in [1.54, 1.807) is 45.2 Å². The van der Waals surface area contributed by atoms with Gasteiger partial charge in [0.25, 0.3) is 0 Å². The zero-order valence-electron chi connectivity index (χ0n) is 16.2. The molecule has 0 atom stereocenters. The van der Waals surface area contributed by atoms with Crippen molar-refractivity contribution < 1.29 is 19.0 Å². The van der Waals surface area contributed by atoms with Crippen LogP contribution in [-0.2, 0) is 10.5 Å². The molecule has 0 bridgehead atoms. The summed E-state index contributed by atoms with van der Waals surface area (Å²) < 4.78 is 16.0. The fourth-order valence-electron chi connectivity index (χ4n) is 2.52. The van der Waals surface area contributed by atoms with Crippen molar-refractivity contribution in [2.75, 3.05) is 33.6 Å². The summed E-state index contributed by atoms with van der Waals surface area (Å²) in [6, 6.07) is 11.3. The Balaban J connectivity index is 1.84. The lowest BCUT2D eigenvalue weighted by molar-refractivity contribution is -0.116. The van der Waals surface area contributed by atoms with Crippen LogP contribution in [0.15, 0.2) is 42.5 Å². The van der Waals surface area contributed by atoms with Gasteiger partial charge in [-0.15, -0.1) is 0 Å². The maximum Gasteiger partial charge on any atom is 0.244 e. The van der Waals surface area contributed by atoms with Crippen LogP contribution in [0.4, 0.5) is 0 Å². The van der Waals surface area contributed by atoms with Gasteiger partial charge in [0.15, 0.2) is 11.5 Å². The molecule has 1 amide bonds. The Kier molecular flexibility index (Phi) is 9.04. The topological polar surface area (TPSA) is 56.8 Å². The number of methoxy groups -OCH3 is 3. The van der Waals surface area contributed by atoms with Gasteiger partial charge in [0.05, 0.1) is 21.3 Å². The third-order valence-electron chi connectivity index (χ3n) is 3.91. The summed E-state index contributed by atoms with van der Waals surface area (Å²) in [6.45, 7) is 0.571. The lowest BCUT2D eigenvalue weighted by Crippen LogP contribution is -2.23. The van der Waals surface area contributed by atoms with Gasteiger partial charge in [-0.2, -0.15) is 11.8 Å². The minimum absolute atomic E-state index is 0.171. The Morgan fingerprint density at radius 1 is 1.07 bits per heavy atom. The minimum atomic E-state index is -0.171. The lowest BCUT2D eigenvalue weighted by atomic mass is 10.1. The molecule has 5 nitrogen and oxygen atoms in total. The minimum Gasteiger partial charge on any atom is -0.493 e. The number of rotatable bonds is 10. The summed E-state index contributed by atoms with van der Waals surface area (Å²) in [6.07, 6.45) is 3.16. The molecule has 0 fully saturated rings. The van der Waals surface area contributed by atoms with E-state index in [9.17, 15) is 4.79 Å². The van der Waals surface area contributed by atoms with Crippen LogP contribution in [0, 0.1) is 0 Å². The smallest absolute Gasteiger partial charge is 0.244 e. The van der Waals surface area contributed by atoms with Gasteiger partial charge < -0.3 is 19.5 Å². The van der Waals surface area contributed by atoms with Gasteiger partial charge in [0, 0.05) is 34.7 Å². The van der Waals surface area contributed by atoms with Crippen molar-refractivity contribution in [3.8, 4) is 17.2 Å². The second kappa shape index (κ2) is 11.5. The van der Waals surface area contributed by atoms with E-state index in [2.05, 4.69) is 5.32 Å². The van der Waals surface area contributed by atoms with E-state index in [1.165, 1.54) is 6.08 Å². The Hall–Kier alpha value is -2.31. The average molecular weight is 422 g/mol. The highest BCUT2D eigenvalue weighted by Crippen LogP contribution is 2.40. The number of halogens is 1. The summed E-state index contributed by atoms with van der Waals surface area (Å²) in [5.74, 6) is 3.01. The van der Waals surface area contributed by atoms with Crippen molar-refractivity contribution >= 4 is 35.3 Å². The molecule has 0 unspecified atom stereocenters. The van der Waals surface area contributed by atoms with Gasteiger partial charge in [0.2, 0.25) is 11.7 Å². The molecule has 0 aromatic heterocycles. The van der Waals surface area contributed by atoms with E-state index in [0.29, 0.717) is 23.8 Å². The van der Waals surface area contributed by atoms with Gasteiger partial charge in [-0.3, -0.25) is 4.79 Å². The molecular weight excluding hydrogens is 398 g/mol. The van der Waals surface area contributed by atoms with E-state index in [4.69, 9.17) is 25.8 Å². The van der Waals surface area contributed by atoms with Crippen LogP contribution in [0.1, 0.15) is 11.1 Å². The third kappa shape index (κ3) is 6.11. The van der Waals surface area contributed by atoms with Crippen LogP contribution >= 0.6 is 23.4 Å². The van der Waals surface area contributed by atoms with Crippen LogP contribution in [0.3, 0.4) is 0 Å². The molecule has 0 heterocycles. The number of benzene rings is 2. The second-order valence-electron chi connectivity index (χ2n) is 5.69. The van der Waals surface area contributed by atoms with Gasteiger partial charge in [-0.1, -0.05) is 29.8 Å². The van der Waals surface area contributed by atoms with Crippen molar-refractivity contribution in [1.29, 1.82) is 0 Å². The molecule has 28 heavy (non-hydrogen) atoms. The third-order valence-corrected chi connectivity index (χ3v) is 5.29. The molecule has 2 aromatic rings. The molecule has 0 aliphatic carbocycles. The van der Waals surface area contributed by atoms with Gasteiger partial charge in [-0.05, 0) is 29.8 Å². The average Bonchev–Trinajstić information content (AvgIpc) is 2.72. The number of carbonyl (C=O) groups is 1. The van der Waals surface area contributed by atoms with Crippen LogP contribution < -0.4 is 19.5 Å². The molecule has 0 aliphatic rings. The zero-order chi connectivity index (χ0) is 20.4. The standard InChI is InChI=1S/C21H24ClNO4S/c1-25-18-10-8-15(20(26-2)21(18)27-3)9-11-19(24)23-12-13-28-14-16-6-4-5-7-17(16)22/h4-11H,12-14H2,1-3H3,(H,23,24)/b11-9+. The highest BCUT2D eigenvalue weighted by atomic mass is 35.5. The largest absolute Gasteiger partial charge is 0.493 e. The van der Waals surface area contributed by atoms with E-state index in [1.807, 2.05) is 30.3 Å². The molecule has 0 spiro atoms. The van der Waals surface area contributed by atoms with Gasteiger partial charge >= 0.3 is 0 Å². The first kappa shape index (κ1) is 22.0. The second-order valence-corrected chi connectivity index (χ2v) is 7.20. The summed E-state index contributed by atoms with van der Waals surface area (Å²) in [4.78, 5) is 12.1. The number of hydrogen-bond acceptors (Lipinski definition) is 5. The van der Waals surface area contributed by atoms with E-state index in [-0.39, 0.29) is 5.91 Å². The Bertz CT molecular complexity index is 826. The highest BCUT2D eigenvalue weighted by Gasteiger charge is 2.14. The maximum absolute atomic E-state index is 12.1. The van der Waals surface area contributed by atoms with Crippen molar-refractivity contribution in [3.63, 3.8) is 0 Å². The van der Waals surface area contributed by atoms with Crippen LogP contribution in [-0.4, -0.2) is 39.5 Å². The molecule has 7 heteroatoms. The Labute approximate surface area is 175 Å². The molecule has 2 rings (SSSR count). The number of hydrogen-bond donors (Lipinski definition) is 1. The van der Waals surface area contributed by atoms with E-state index in [0.717, 1.165) is 27.7 Å². The number of thioether (sulfide) groups is 1. The van der Waals surface area contributed by atoms with Crippen molar-refractivity contribution in [1.82, 2.24) is 5.32 Å². The molecular formula is C21H24ClNO4S. The number of amides is 1. The number of ether oxygens (including phenoxy) is 3. The first-order valence-electron chi connectivity index (χ1n) is 8.66. The van der Waals surface area contributed by atoms with Gasteiger partial charge in [-0.25, -0.2) is 0 Å². The summed E-state index contributed by atoms with van der Waals surface area (Å²) in [5, 5.41) is 3.64. The lowest BCUT2D eigenvalue weighted by Gasteiger charge is -2.13. The fourth-order valence-corrected chi connectivity index (χ4v) is 3.67. The summed E-state index contributed by atoms with van der Waals surface area (Å²) >= 11 is 7.85. The normalized spacial score (nSPS) is 10.7. The van der Waals surface area contributed by atoms with Crippen molar-refractivity contribution in [2.45, 2.75) is 5.75 Å². The Morgan fingerprint density at radius 2 is 1.82 bits per heavy atom. The monoisotopic (exact) mass is 421 g/mol. The maximum atomic E-state index is 12.1. The summed E-state index contributed by atoms with van der Waals surface area (Å²) in [7, 11) is 4.65. The quantitative estimate of drug-likeness (QED) is 0.454. The van der Waals surface area contributed by atoms with E-state index >= 15 is 0 Å². The van der Waals surface area contributed by atoms with Crippen molar-refractivity contribution in [2.24, 2.45) is 0 Å². The predicted molar refractivity (Wildman–Crippen MR) is 116 cm³/mol. The Morgan fingerprint density at radius 3 is 2.50 bits per heavy atom. The van der Waals surface area contributed by atoms with Crippen LogP contribution in [0.25, 0.3) is 6.08 Å². The molecule has 0 saturated carbocycles. The summed E-state index contributed by atoms with van der Waals surface area (Å²) in [5.41, 5.74) is 1.82. The molecule has 150 valence electrons. The SMILES string of the molecule is COc1ccc(/C=C/C(=O)NCCSCc2ccccc2Cl)c(OC)c1OC. The highest BCUT2D eigenvalue weighted by molar-refractivity contribution is 7.98. The first-order chi connectivity index (χ1) is 13.6. The molecule has 0 aliphatic heterocycles. The fraction of sp³-hybridized carbons (Fsp3) is 0.286. The molecule has 0 saturated heterocycles. The van der Waals surface area contributed by atoms with Crippen LogP contribution in [0.5, 0.6) is 17.2 Å². The number of carbonyl (C=O) groups excluding carboxylic acids is 1. The molecule has 0 radical (unpaired) electrons. The predicted octanol–water partition coefficient (Wildman–Crippen LogP) is 4.43.